The van der Waals surface area contributed by atoms with Gasteiger partial charge in [0.1, 0.15) is 5.82 Å². The summed E-state index contributed by atoms with van der Waals surface area (Å²) < 4.78 is 1.99. The first-order valence-electron chi connectivity index (χ1n) is 6.23. The van der Waals surface area contributed by atoms with Crippen molar-refractivity contribution in [2.45, 2.75) is 25.4 Å². The van der Waals surface area contributed by atoms with Crippen molar-refractivity contribution in [3.05, 3.63) is 18.2 Å². The number of hydrogen-bond acceptors (Lipinski definition) is 3. The lowest BCUT2D eigenvalue weighted by Gasteiger charge is -2.32. The number of carbonyl (C=O) groups is 1. The third-order valence-corrected chi connectivity index (χ3v) is 3.63. The van der Waals surface area contributed by atoms with Crippen LogP contribution in [0.4, 0.5) is 0 Å². The van der Waals surface area contributed by atoms with E-state index in [2.05, 4.69) is 10.3 Å². The summed E-state index contributed by atoms with van der Waals surface area (Å²) >= 11 is 0. The molecule has 1 saturated heterocycles. The predicted molar refractivity (Wildman–Crippen MR) is 63.1 cm³/mol. The van der Waals surface area contributed by atoms with Gasteiger partial charge in [-0.2, -0.15) is 0 Å². The topological polar surface area (TPSA) is 50.2 Å². The summed E-state index contributed by atoms with van der Waals surface area (Å²) in [4.78, 5) is 18.6. The molecule has 0 radical (unpaired) electrons. The van der Waals surface area contributed by atoms with Crippen molar-refractivity contribution >= 4 is 5.91 Å². The maximum atomic E-state index is 12.3. The number of rotatable bonds is 4. The molecule has 1 aromatic rings. The smallest absolute Gasteiger partial charge is 0.228 e. The molecule has 92 valence electrons. The van der Waals surface area contributed by atoms with Crippen molar-refractivity contribution in [2.75, 3.05) is 13.1 Å². The van der Waals surface area contributed by atoms with Gasteiger partial charge < -0.3 is 14.8 Å². The summed E-state index contributed by atoms with van der Waals surface area (Å²) in [6, 6.07) is 0.458. The van der Waals surface area contributed by atoms with Crippen molar-refractivity contribution in [2.24, 2.45) is 13.0 Å². The van der Waals surface area contributed by atoms with E-state index in [1.807, 2.05) is 22.7 Å². The second-order valence-electron chi connectivity index (χ2n) is 5.01. The lowest BCUT2D eigenvalue weighted by molar-refractivity contribution is -0.138. The van der Waals surface area contributed by atoms with Gasteiger partial charge in [-0.3, -0.25) is 4.79 Å². The standard InChI is InChI=1S/C12H18N4O/c1-15-5-4-14-11(15)8-16(10-2-3-10)12(17)9-6-13-7-9/h4-5,9-10,13H,2-3,6-8H2,1H3. The molecule has 0 aromatic carbocycles. The van der Waals surface area contributed by atoms with Crippen LogP contribution in [0.1, 0.15) is 18.7 Å². The van der Waals surface area contributed by atoms with Crippen molar-refractivity contribution in [3.8, 4) is 0 Å². The fourth-order valence-corrected chi connectivity index (χ4v) is 2.17. The number of aromatic nitrogens is 2. The van der Waals surface area contributed by atoms with Crippen molar-refractivity contribution in [1.82, 2.24) is 19.8 Å². The lowest BCUT2D eigenvalue weighted by atomic mass is 10.0. The molecule has 2 heterocycles. The van der Waals surface area contributed by atoms with Crippen LogP contribution in [0, 0.1) is 5.92 Å². The van der Waals surface area contributed by atoms with Crippen LogP contribution in [0.15, 0.2) is 12.4 Å². The van der Waals surface area contributed by atoms with Crippen molar-refractivity contribution < 1.29 is 4.79 Å². The Labute approximate surface area is 101 Å². The maximum Gasteiger partial charge on any atom is 0.228 e. The van der Waals surface area contributed by atoms with E-state index in [-0.39, 0.29) is 5.92 Å². The zero-order valence-corrected chi connectivity index (χ0v) is 10.1. The molecule has 17 heavy (non-hydrogen) atoms. The van der Waals surface area contributed by atoms with E-state index in [4.69, 9.17) is 0 Å². The molecule has 1 saturated carbocycles. The summed E-state index contributed by atoms with van der Waals surface area (Å²) in [6.45, 7) is 2.33. The Morgan fingerprint density at radius 1 is 1.59 bits per heavy atom. The number of imidazole rings is 1. The fourth-order valence-electron chi connectivity index (χ4n) is 2.17. The monoisotopic (exact) mass is 234 g/mol. The van der Waals surface area contributed by atoms with Gasteiger partial charge in [0.15, 0.2) is 0 Å². The summed E-state index contributed by atoms with van der Waals surface area (Å²) in [7, 11) is 1.97. The van der Waals surface area contributed by atoms with Crippen LogP contribution in [-0.4, -0.2) is 39.5 Å². The molecule has 3 rings (SSSR count). The number of nitrogens with one attached hydrogen (secondary N) is 1. The van der Waals surface area contributed by atoms with Gasteiger partial charge in [0.25, 0.3) is 0 Å². The van der Waals surface area contributed by atoms with Crippen molar-refractivity contribution in [1.29, 1.82) is 0 Å². The normalized spacial score (nSPS) is 20.1. The van der Waals surface area contributed by atoms with Crippen molar-refractivity contribution in [3.63, 3.8) is 0 Å². The van der Waals surface area contributed by atoms with E-state index in [0.29, 0.717) is 18.5 Å². The Bertz CT molecular complexity index is 420. The first-order valence-corrected chi connectivity index (χ1v) is 6.23. The highest BCUT2D eigenvalue weighted by Crippen LogP contribution is 2.30. The summed E-state index contributed by atoms with van der Waals surface area (Å²) in [6.07, 6.45) is 6.01. The molecule has 1 aliphatic carbocycles. The van der Waals surface area contributed by atoms with Crippen LogP contribution in [-0.2, 0) is 18.4 Å². The van der Waals surface area contributed by atoms with Gasteiger partial charge in [-0.15, -0.1) is 0 Å². The molecule has 5 heteroatoms. The van der Waals surface area contributed by atoms with Gasteiger partial charge in [-0.25, -0.2) is 4.98 Å². The van der Waals surface area contributed by atoms with Crippen LogP contribution in [0.5, 0.6) is 0 Å². The van der Waals surface area contributed by atoms with E-state index in [1.54, 1.807) is 6.20 Å². The minimum atomic E-state index is 0.191. The van der Waals surface area contributed by atoms with E-state index in [0.717, 1.165) is 31.8 Å². The summed E-state index contributed by atoms with van der Waals surface area (Å²) in [5, 5.41) is 3.16. The number of carbonyl (C=O) groups excluding carboxylic acids is 1. The van der Waals surface area contributed by atoms with Gasteiger partial charge in [0.05, 0.1) is 12.5 Å². The Kier molecular flexibility index (Phi) is 2.63. The van der Waals surface area contributed by atoms with E-state index in [1.165, 1.54) is 0 Å². The Morgan fingerprint density at radius 3 is 2.82 bits per heavy atom. The SMILES string of the molecule is Cn1ccnc1CN(C(=O)C1CNC1)C1CC1. The Hall–Kier alpha value is -1.36. The number of nitrogens with zero attached hydrogens (tertiary/aromatic N) is 3. The Balaban J connectivity index is 1.71. The van der Waals surface area contributed by atoms with Crippen LogP contribution in [0.25, 0.3) is 0 Å². The second kappa shape index (κ2) is 4.14. The zero-order valence-electron chi connectivity index (χ0n) is 10.1. The van der Waals surface area contributed by atoms with E-state index >= 15 is 0 Å². The highest BCUT2D eigenvalue weighted by Gasteiger charge is 2.38. The van der Waals surface area contributed by atoms with E-state index < -0.39 is 0 Å². The lowest BCUT2D eigenvalue weighted by Crippen LogP contribution is -2.52. The number of hydrogen-bond donors (Lipinski definition) is 1. The average Bonchev–Trinajstić information content (AvgIpc) is 2.97. The molecule has 1 aromatic heterocycles. The first-order chi connectivity index (χ1) is 8.25. The largest absolute Gasteiger partial charge is 0.337 e. The molecular weight excluding hydrogens is 216 g/mol. The molecule has 0 bridgehead atoms. The Morgan fingerprint density at radius 2 is 2.35 bits per heavy atom. The van der Waals surface area contributed by atoms with Gasteiger partial charge in [0, 0.05) is 38.6 Å². The summed E-state index contributed by atoms with van der Waals surface area (Å²) in [5.41, 5.74) is 0. The molecule has 0 atom stereocenters. The second-order valence-corrected chi connectivity index (χ2v) is 5.01. The molecule has 0 spiro atoms. The molecule has 1 aliphatic heterocycles. The van der Waals surface area contributed by atoms with Crippen LogP contribution in [0.2, 0.25) is 0 Å². The third-order valence-electron chi connectivity index (χ3n) is 3.63. The van der Waals surface area contributed by atoms with E-state index in [9.17, 15) is 4.79 Å². The highest BCUT2D eigenvalue weighted by atomic mass is 16.2. The van der Waals surface area contributed by atoms with Crippen LogP contribution >= 0.6 is 0 Å². The average molecular weight is 234 g/mol. The minimum Gasteiger partial charge on any atom is -0.337 e. The molecule has 0 unspecified atom stereocenters. The fraction of sp³-hybridized carbons (Fsp3) is 0.667. The molecule has 5 nitrogen and oxygen atoms in total. The molecule has 1 amide bonds. The quantitative estimate of drug-likeness (QED) is 0.805. The molecule has 2 fully saturated rings. The van der Waals surface area contributed by atoms with Crippen LogP contribution in [0.3, 0.4) is 0 Å². The van der Waals surface area contributed by atoms with Crippen LogP contribution < -0.4 is 5.32 Å². The number of aryl methyl sites for hydroxylation is 1. The number of amides is 1. The van der Waals surface area contributed by atoms with Gasteiger partial charge in [0.2, 0.25) is 5.91 Å². The summed E-state index contributed by atoms with van der Waals surface area (Å²) in [5.74, 6) is 1.46. The van der Waals surface area contributed by atoms with Gasteiger partial charge in [-0.1, -0.05) is 0 Å². The molecule has 1 N–H and O–H groups in total. The predicted octanol–water partition coefficient (Wildman–Crippen LogP) is 0.130. The highest BCUT2D eigenvalue weighted by molar-refractivity contribution is 5.80. The minimum absolute atomic E-state index is 0.191. The molecule has 2 aliphatic rings. The third kappa shape index (κ3) is 2.07. The molecular formula is C12H18N4O. The first kappa shape index (κ1) is 10.8. The zero-order chi connectivity index (χ0) is 11.8. The van der Waals surface area contributed by atoms with Gasteiger partial charge in [-0.05, 0) is 12.8 Å². The van der Waals surface area contributed by atoms with Gasteiger partial charge >= 0.3 is 0 Å². The maximum absolute atomic E-state index is 12.3.